The number of sulfone groups is 1. The molecule has 0 aliphatic heterocycles. The zero-order valence-corrected chi connectivity index (χ0v) is 12.0. The molecule has 1 atom stereocenters. The summed E-state index contributed by atoms with van der Waals surface area (Å²) in [6.45, 7) is 1.40. The first kappa shape index (κ1) is 14.3. The van der Waals surface area contributed by atoms with Crippen molar-refractivity contribution in [2.75, 3.05) is 0 Å². The van der Waals surface area contributed by atoms with E-state index in [-0.39, 0.29) is 4.90 Å². The number of hydrogen-bond donors (Lipinski definition) is 0. The van der Waals surface area contributed by atoms with Crippen LogP contribution < -0.4 is 0 Å². The minimum atomic E-state index is -3.54. The van der Waals surface area contributed by atoms with Gasteiger partial charge in [-0.2, -0.15) is 5.26 Å². The predicted molar refractivity (Wildman–Crippen MR) is 78.0 cm³/mol. The van der Waals surface area contributed by atoms with Gasteiger partial charge in [0.2, 0.25) is 0 Å². The van der Waals surface area contributed by atoms with Gasteiger partial charge in [-0.05, 0) is 36.6 Å². The highest BCUT2D eigenvalue weighted by Gasteiger charge is 2.22. The maximum Gasteiger partial charge on any atom is 0.194 e. The third kappa shape index (κ3) is 3.06. The Morgan fingerprint density at radius 1 is 1.00 bits per heavy atom. The summed E-state index contributed by atoms with van der Waals surface area (Å²) in [5.74, 6) is 0. The summed E-state index contributed by atoms with van der Waals surface area (Å²) >= 11 is 0. The summed E-state index contributed by atoms with van der Waals surface area (Å²) in [5, 5.41) is 7.73. The van der Waals surface area contributed by atoms with Crippen molar-refractivity contribution in [3.05, 3.63) is 65.7 Å². The smallest absolute Gasteiger partial charge is 0.194 e. The van der Waals surface area contributed by atoms with Gasteiger partial charge >= 0.3 is 0 Å². The molecule has 0 saturated heterocycles. The van der Waals surface area contributed by atoms with Crippen LogP contribution in [0.25, 0.3) is 0 Å². The van der Waals surface area contributed by atoms with Crippen molar-refractivity contribution >= 4 is 9.84 Å². The topological polar surface area (TPSA) is 57.9 Å². The summed E-state index contributed by atoms with van der Waals surface area (Å²) in [6.07, 6.45) is 0.759. The molecule has 0 amide bonds. The lowest BCUT2D eigenvalue weighted by molar-refractivity contribution is 0.592. The molecule has 2 aromatic carbocycles. The lowest BCUT2D eigenvalue weighted by Crippen LogP contribution is -2.15. The van der Waals surface area contributed by atoms with Crippen LogP contribution in [0.3, 0.4) is 0 Å². The molecule has 2 aromatic rings. The van der Waals surface area contributed by atoms with Gasteiger partial charge in [-0.15, -0.1) is 0 Å². The van der Waals surface area contributed by atoms with Gasteiger partial charge in [-0.1, -0.05) is 42.5 Å². The maximum absolute atomic E-state index is 12.0. The van der Waals surface area contributed by atoms with Gasteiger partial charge in [-0.3, -0.25) is 0 Å². The molecule has 20 heavy (non-hydrogen) atoms. The number of benzene rings is 2. The zero-order valence-electron chi connectivity index (χ0n) is 11.2. The Morgan fingerprint density at radius 3 is 2.10 bits per heavy atom. The summed E-state index contributed by atoms with van der Waals surface area (Å²) in [6, 6.07) is 18.5. The van der Waals surface area contributed by atoms with E-state index in [0.717, 1.165) is 12.0 Å². The summed E-state index contributed by atoms with van der Waals surface area (Å²) in [5.41, 5.74) is 2.22. The van der Waals surface area contributed by atoms with Crippen molar-refractivity contribution in [3.8, 4) is 6.07 Å². The molecule has 2 rings (SSSR count). The fourth-order valence-electron chi connectivity index (χ4n) is 1.90. The Labute approximate surface area is 119 Å². The van der Waals surface area contributed by atoms with Gasteiger partial charge in [0.1, 0.15) is 5.25 Å². The SMILES string of the molecule is CC(C#N)S(=O)(=O)c1ccc(Cc2ccccc2)cc1. The van der Waals surface area contributed by atoms with Crippen LogP contribution in [0, 0.1) is 11.3 Å². The molecule has 0 fully saturated rings. The average molecular weight is 285 g/mol. The van der Waals surface area contributed by atoms with Crippen molar-refractivity contribution in [3.63, 3.8) is 0 Å². The molecule has 0 aliphatic rings. The highest BCUT2D eigenvalue weighted by atomic mass is 32.2. The zero-order chi connectivity index (χ0) is 14.6. The first-order valence-electron chi connectivity index (χ1n) is 6.30. The molecule has 0 aromatic heterocycles. The van der Waals surface area contributed by atoms with Crippen LogP contribution in [0.5, 0.6) is 0 Å². The Kier molecular flexibility index (Phi) is 4.21. The molecule has 3 nitrogen and oxygen atoms in total. The van der Waals surface area contributed by atoms with Crippen LogP contribution >= 0.6 is 0 Å². The fourth-order valence-corrected chi connectivity index (χ4v) is 2.96. The molecule has 1 unspecified atom stereocenters. The van der Waals surface area contributed by atoms with E-state index >= 15 is 0 Å². The monoisotopic (exact) mass is 285 g/mol. The quantitative estimate of drug-likeness (QED) is 0.867. The van der Waals surface area contributed by atoms with Gasteiger partial charge in [0.05, 0.1) is 11.0 Å². The third-order valence-corrected chi connectivity index (χ3v) is 5.12. The first-order chi connectivity index (χ1) is 9.54. The third-order valence-electron chi connectivity index (χ3n) is 3.15. The van der Waals surface area contributed by atoms with Crippen molar-refractivity contribution < 1.29 is 8.42 Å². The normalized spacial score (nSPS) is 12.6. The van der Waals surface area contributed by atoms with Crippen LogP contribution in [0.2, 0.25) is 0 Å². The van der Waals surface area contributed by atoms with Crippen molar-refractivity contribution in [1.82, 2.24) is 0 Å². The van der Waals surface area contributed by atoms with E-state index in [9.17, 15) is 8.42 Å². The first-order valence-corrected chi connectivity index (χ1v) is 7.85. The molecule has 0 aliphatic carbocycles. The Morgan fingerprint density at radius 2 is 1.55 bits per heavy atom. The van der Waals surface area contributed by atoms with Gasteiger partial charge in [0, 0.05) is 0 Å². The number of rotatable bonds is 4. The standard InChI is InChI=1S/C16H15NO2S/c1-13(12-17)20(18,19)16-9-7-15(8-10-16)11-14-5-3-2-4-6-14/h2-10,13H,11H2,1H3. The molecule has 4 heteroatoms. The second kappa shape index (κ2) is 5.89. The van der Waals surface area contributed by atoms with Crippen LogP contribution in [-0.2, 0) is 16.3 Å². The van der Waals surface area contributed by atoms with E-state index in [4.69, 9.17) is 5.26 Å². The summed E-state index contributed by atoms with van der Waals surface area (Å²) < 4.78 is 24.0. The average Bonchev–Trinajstić information content (AvgIpc) is 2.48. The molecule has 0 N–H and O–H groups in total. The lowest BCUT2D eigenvalue weighted by atomic mass is 10.1. The maximum atomic E-state index is 12.0. The molecular formula is C16H15NO2S. The molecule has 0 bridgehead atoms. The molecule has 0 heterocycles. The lowest BCUT2D eigenvalue weighted by Gasteiger charge is -2.07. The van der Waals surface area contributed by atoms with E-state index in [2.05, 4.69) is 0 Å². The molecule has 102 valence electrons. The van der Waals surface area contributed by atoms with E-state index in [1.54, 1.807) is 30.3 Å². The van der Waals surface area contributed by atoms with Gasteiger partial charge in [-0.25, -0.2) is 8.42 Å². The molecule has 0 spiro atoms. The van der Waals surface area contributed by atoms with Crippen LogP contribution in [0.15, 0.2) is 59.5 Å². The minimum Gasteiger partial charge on any atom is -0.222 e. The predicted octanol–water partition coefficient (Wildman–Crippen LogP) is 2.96. The van der Waals surface area contributed by atoms with E-state index < -0.39 is 15.1 Å². The van der Waals surface area contributed by atoms with Crippen molar-refractivity contribution in [1.29, 1.82) is 5.26 Å². The van der Waals surface area contributed by atoms with E-state index in [1.807, 2.05) is 30.3 Å². The van der Waals surface area contributed by atoms with Crippen molar-refractivity contribution in [2.24, 2.45) is 0 Å². The number of hydrogen-bond acceptors (Lipinski definition) is 3. The second-order valence-corrected chi connectivity index (χ2v) is 6.89. The van der Waals surface area contributed by atoms with Crippen molar-refractivity contribution in [2.45, 2.75) is 23.5 Å². The largest absolute Gasteiger partial charge is 0.222 e. The number of nitriles is 1. The Hall–Kier alpha value is -2.12. The van der Waals surface area contributed by atoms with E-state index in [0.29, 0.717) is 0 Å². The second-order valence-electron chi connectivity index (χ2n) is 4.62. The molecule has 0 saturated carbocycles. The van der Waals surface area contributed by atoms with Crippen LogP contribution in [-0.4, -0.2) is 13.7 Å². The highest BCUT2D eigenvalue weighted by molar-refractivity contribution is 7.92. The Bertz CT molecular complexity index is 713. The molecule has 0 radical (unpaired) electrons. The Balaban J connectivity index is 2.22. The van der Waals surface area contributed by atoms with Gasteiger partial charge in [0.15, 0.2) is 9.84 Å². The van der Waals surface area contributed by atoms with Gasteiger partial charge in [0.25, 0.3) is 0 Å². The fraction of sp³-hybridized carbons (Fsp3) is 0.188. The minimum absolute atomic E-state index is 0.198. The number of nitrogens with zero attached hydrogens (tertiary/aromatic N) is 1. The van der Waals surface area contributed by atoms with Crippen LogP contribution in [0.1, 0.15) is 18.1 Å². The molecular weight excluding hydrogens is 270 g/mol. The summed E-state index contributed by atoms with van der Waals surface area (Å²) in [7, 11) is -3.54. The highest BCUT2D eigenvalue weighted by Crippen LogP contribution is 2.18. The van der Waals surface area contributed by atoms with E-state index in [1.165, 1.54) is 12.5 Å². The van der Waals surface area contributed by atoms with Crippen LogP contribution in [0.4, 0.5) is 0 Å². The van der Waals surface area contributed by atoms with Gasteiger partial charge < -0.3 is 0 Å². The summed E-state index contributed by atoms with van der Waals surface area (Å²) in [4.78, 5) is 0.198.